The molecule has 0 aliphatic carbocycles. The average molecular weight is 319 g/mol. The van der Waals surface area contributed by atoms with Crippen molar-refractivity contribution in [3.8, 4) is 11.1 Å². The highest BCUT2D eigenvalue weighted by molar-refractivity contribution is 5.66. The number of hydrogen-bond donors (Lipinski definition) is 1. The summed E-state index contributed by atoms with van der Waals surface area (Å²) >= 11 is 0. The predicted octanol–water partition coefficient (Wildman–Crippen LogP) is 2.72. The minimum Gasteiger partial charge on any atom is -0.469 e. The highest BCUT2D eigenvalue weighted by atomic mass is 16.3. The van der Waals surface area contributed by atoms with Crippen LogP contribution in [0, 0.1) is 0 Å². The Kier molecular flexibility index (Phi) is 4.04. The van der Waals surface area contributed by atoms with E-state index < -0.39 is 0 Å². The van der Waals surface area contributed by atoms with E-state index in [9.17, 15) is 0 Å². The maximum atomic E-state index is 5.34. The molecule has 4 rings (SSSR count). The summed E-state index contributed by atoms with van der Waals surface area (Å²) in [5.74, 6) is 0.981. The summed E-state index contributed by atoms with van der Waals surface area (Å²) in [5, 5.41) is 15.4. The first kappa shape index (κ1) is 14.6. The first-order chi connectivity index (χ1) is 11.9. The van der Waals surface area contributed by atoms with Crippen molar-refractivity contribution in [1.29, 1.82) is 0 Å². The monoisotopic (exact) mass is 319 g/mol. The van der Waals surface area contributed by atoms with Gasteiger partial charge in [-0.05, 0) is 34.2 Å². The van der Waals surface area contributed by atoms with Crippen molar-refractivity contribution in [1.82, 2.24) is 25.4 Å². The van der Waals surface area contributed by atoms with Crippen LogP contribution in [0.3, 0.4) is 0 Å². The summed E-state index contributed by atoms with van der Waals surface area (Å²) in [7, 11) is 0. The van der Waals surface area contributed by atoms with Gasteiger partial charge >= 0.3 is 0 Å². The first-order valence-electron chi connectivity index (χ1n) is 7.89. The van der Waals surface area contributed by atoms with E-state index in [4.69, 9.17) is 4.42 Å². The van der Waals surface area contributed by atoms with Gasteiger partial charge in [-0.25, -0.2) is 0 Å². The van der Waals surface area contributed by atoms with Gasteiger partial charge in [0.15, 0.2) is 5.65 Å². The lowest BCUT2D eigenvalue weighted by Gasteiger charge is -2.08. The Balaban J connectivity index is 1.54. The Labute approximate surface area is 139 Å². The second kappa shape index (κ2) is 6.64. The summed E-state index contributed by atoms with van der Waals surface area (Å²) < 4.78 is 7.07. The largest absolute Gasteiger partial charge is 0.469 e. The zero-order chi connectivity index (χ0) is 16.2. The van der Waals surface area contributed by atoms with Gasteiger partial charge < -0.3 is 9.73 Å². The van der Waals surface area contributed by atoms with Crippen LogP contribution in [0.2, 0.25) is 0 Å². The fraction of sp³-hybridized carbons (Fsp3) is 0.167. The average Bonchev–Trinajstić information content (AvgIpc) is 3.30. The molecule has 0 spiro atoms. The quantitative estimate of drug-likeness (QED) is 0.553. The van der Waals surface area contributed by atoms with Gasteiger partial charge in [0.1, 0.15) is 5.76 Å². The minimum absolute atomic E-state index is 0.700. The number of benzene rings is 1. The van der Waals surface area contributed by atoms with Crippen LogP contribution in [0.25, 0.3) is 16.8 Å². The molecule has 0 amide bonds. The van der Waals surface area contributed by atoms with Crippen LogP contribution in [0.5, 0.6) is 0 Å². The van der Waals surface area contributed by atoms with Crippen molar-refractivity contribution in [2.75, 3.05) is 6.54 Å². The van der Waals surface area contributed by atoms with E-state index in [1.165, 1.54) is 0 Å². The lowest BCUT2D eigenvalue weighted by molar-refractivity contribution is 0.499. The van der Waals surface area contributed by atoms with Gasteiger partial charge in [0.2, 0.25) is 0 Å². The summed E-state index contributed by atoms with van der Waals surface area (Å²) in [5.41, 5.74) is 4.09. The number of nitrogens with one attached hydrogen (secondary N) is 1. The fourth-order valence-electron chi connectivity index (χ4n) is 2.72. The van der Waals surface area contributed by atoms with Crippen molar-refractivity contribution < 1.29 is 4.42 Å². The summed E-state index contributed by atoms with van der Waals surface area (Å²) in [6, 6.07) is 16.3. The number of tetrazole rings is 1. The van der Waals surface area contributed by atoms with Crippen molar-refractivity contribution >= 4 is 5.65 Å². The maximum absolute atomic E-state index is 5.34. The molecule has 0 aliphatic rings. The maximum Gasteiger partial charge on any atom is 0.183 e. The van der Waals surface area contributed by atoms with Crippen molar-refractivity contribution in [2.45, 2.75) is 13.0 Å². The second-order valence-electron chi connectivity index (χ2n) is 5.57. The Bertz CT molecular complexity index is 915. The number of rotatable bonds is 6. The lowest BCUT2D eigenvalue weighted by Crippen LogP contribution is -2.17. The molecule has 6 heteroatoms. The van der Waals surface area contributed by atoms with Gasteiger partial charge in [0, 0.05) is 36.8 Å². The number of aromatic nitrogens is 4. The van der Waals surface area contributed by atoms with E-state index in [2.05, 4.69) is 39.0 Å². The number of furan rings is 1. The van der Waals surface area contributed by atoms with Gasteiger partial charge in [-0.2, -0.15) is 4.52 Å². The zero-order valence-electron chi connectivity index (χ0n) is 13.1. The fourth-order valence-corrected chi connectivity index (χ4v) is 2.72. The van der Waals surface area contributed by atoms with Crippen molar-refractivity contribution in [2.24, 2.45) is 0 Å². The normalized spacial score (nSPS) is 11.2. The van der Waals surface area contributed by atoms with Gasteiger partial charge in [-0.15, -0.1) is 5.10 Å². The topological polar surface area (TPSA) is 68.2 Å². The smallest absolute Gasteiger partial charge is 0.183 e. The molecule has 0 unspecified atom stereocenters. The van der Waals surface area contributed by atoms with Crippen LogP contribution < -0.4 is 5.32 Å². The highest BCUT2D eigenvalue weighted by Crippen LogP contribution is 2.21. The van der Waals surface area contributed by atoms with Crippen molar-refractivity contribution in [3.05, 3.63) is 72.3 Å². The molecule has 6 nitrogen and oxygen atoms in total. The highest BCUT2D eigenvalue weighted by Gasteiger charge is 2.09. The van der Waals surface area contributed by atoms with E-state index >= 15 is 0 Å². The number of hydrogen-bond acceptors (Lipinski definition) is 5. The van der Waals surface area contributed by atoms with Gasteiger partial charge in [0.25, 0.3) is 0 Å². The SMILES string of the molecule is c1ccc(-c2cc(CNCCc3ccco3)c3nnnn3c2)cc1. The van der Waals surface area contributed by atoms with Crippen molar-refractivity contribution in [3.63, 3.8) is 0 Å². The van der Waals surface area contributed by atoms with E-state index in [0.29, 0.717) is 6.54 Å². The predicted molar refractivity (Wildman–Crippen MR) is 90.3 cm³/mol. The molecule has 1 N–H and O–H groups in total. The minimum atomic E-state index is 0.700. The Morgan fingerprint density at radius 3 is 2.79 bits per heavy atom. The lowest BCUT2D eigenvalue weighted by atomic mass is 10.1. The molecule has 24 heavy (non-hydrogen) atoms. The molecule has 3 heterocycles. The third kappa shape index (κ3) is 3.04. The Morgan fingerprint density at radius 2 is 1.96 bits per heavy atom. The molecule has 0 saturated carbocycles. The molecule has 0 fully saturated rings. The molecule has 3 aromatic heterocycles. The standard InChI is InChI=1S/C18H17N5O/c1-2-5-14(6-3-1)16-11-15(18-20-21-22-23(18)13-16)12-19-9-8-17-7-4-10-24-17/h1-7,10-11,13,19H,8-9,12H2. The summed E-state index contributed by atoms with van der Waals surface area (Å²) in [6.07, 6.45) is 4.51. The van der Waals surface area contributed by atoms with Crippen LogP contribution >= 0.6 is 0 Å². The molecular formula is C18H17N5O. The first-order valence-corrected chi connectivity index (χ1v) is 7.89. The van der Waals surface area contributed by atoms with Crippen LogP contribution in [0.1, 0.15) is 11.3 Å². The summed E-state index contributed by atoms with van der Waals surface area (Å²) in [4.78, 5) is 0. The van der Waals surface area contributed by atoms with E-state index in [-0.39, 0.29) is 0 Å². The number of fused-ring (bicyclic) bond motifs is 1. The van der Waals surface area contributed by atoms with Gasteiger partial charge in [0.05, 0.1) is 6.26 Å². The molecular weight excluding hydrogens is 302 g/mol. The molecule has 0 aliphatic heterocycles. The van der Waals surface area contributed by atoms with E-state index in [0.717, 1.165) is 41.1 Å². The number of pyridine rings is 1. The third-order valence-electron chi connectivity index (χ3n) is 3.92. The zero-order valence-corrected chi connectivity index (χ0v) is 13.1. The molecule has 1 aromatic carbocycles. The Hall–Kier alpha value is -2.99. The van der Waals surface area contributed by atoms with E-state index in [1.54, 1.807) is 10.8 Å². The number of nitrogens with zero attached hydrogens (tertiary/aromatic N) is 4. The molecule has 0 saturated heterocycles. The molecule has 0 bridgehead atoms. The van der Waals surface area contributed by atoms with Gasteiger partial charge in [-0.1, -0.05) is 30.3 Å². The molecule has 4 aromatic rings. The second-order valence-corrected chi connectivity index (χ2v) is 5.57. The third-order valence-corrected chi connectivity index (χ3v) is 3.92. The molecule has 120 valence electrons. The summed E-state index contributed by atoms with van der Waals surface area (Å²) in [6.45, 7) is 1.53. The Morgan fingerprint density at radius 1 is 1.04 bits per heavy atom. The van der Waals surface area contributed by atoms with Gasteiger partial charge in [-0.3, -0.25) is 0 Å². The molecule has 0 atom stereocenters. The van der Waals surface area contributed by atoms with Crippen LogP contribution in [0.4, 0.5) is 0 Å². The van der Waals surface area contributed by atoms with E-state index in [1.807, 2.05) is 36.5 Å². The van der Waals surface area contributed by atoms with Crippen LogP contribution in [0.15, 0.2) is 65.4 Å². The van der Waals surface area contributed by atoms with Crippen LogP contribution in [-0.4, -0.2) is 26.6 Å². The molecule has 0 radical (unpaired) electrons. The van der Waals surface area contributed by atoms with Crippen LogP contribution in [-0.2, 0) is 13.0 Å².